The van der Waals surface area contributed by atoms with Crippen molar-refractivity contribution in [3.8, 4) is 0 Å². The number of carbonyl (C=O) groups excluding carboxylic acids is 6. The van der Waals surface area contributed by atoms with Gasteiger partial charge in [0.2, 0.25) is 35.4 Å². The predicted molar refractivity (Wildman–Crippen MR) is 281 cm³/mol. The van der Waals surface area contributed by atoms with Gasteiger partial charge in [0, 0.05) is 78.9 Å². The zero-order chi connectivity index (χ0) is 52.9. The van der Waals surface area contributed by atoms with E-state index >= 15 is 0 Å². The molecule has 0 radical (unpaired) electrons. The zero-order valence-electron chi connectivity index (χ0n) is 43.2. The number of nitrogens with one attached hydrogen (secondary N) is 6. The number of carbonyl (C=O) groups is 6. The van der Waals surface area contributed by atoms with Crippen LogP contribution in [0.2, 0.25) is 0 Å². The molecule has 0 unspecified atom stereocenters. The summed E-state index contributed by atoms with van der Waals surface area (Å²) in [6, 6.07) is -2.40. The lowest BCUT2D eigenvalue weighted by Gasteiger charge is -2.22. The summed E-state index contributed by atoms with van der Waals surface area (Å²) in [5.74, 6) is -0.703. The molecular formula is C47H97N17O7. The lowest BCUT2D eigenvalue weighted by molar-refractivity contribution is -0.123. The Morgan fingerprint density at radius 3 is 1.06 bits per heavy atom. The standard InChI is InChI=1S/C47H97N17O7/c1-71-35-34-64(32-16-30-60-44(69)38(50)18-6-12-24-56-40(65)22-4-2-10-26-58-42(67)36(48)20-8-14-28-62-46(52)53)33-17-31-61-45(70)39(51)19-7-13-25-57-41(66)23-5-3-11-27-59-43(68)37(49)21-9-15-29-63-47(54)55/h36-39H,2-35,48-51H2,1H3,(H,56,65)(H,57,66)(H,58,67)(H,59,68)(H,60,69)(H,61,70)(H4,52,53,62)(H4,54,55,63)/t36-,37-,38-,39-/m0/s1. The second kappa shape index (κ2) is 45.0. The van der Waals surface area contributed by atoms with Gasteiger partial charge >= 0.3 is 0 Å². The van der Waals surface area contributed by atoms with Crippen LogP contribution in [0, 0.1) is 0 Å². The molecule has 0 fully saturated rings. The monoisotopic (exact) mass is 1010 g/mol. The van der Waals surface area contributed by atoms with Crippen molar-refractivity contribution in [3.05, 3.63) is 0 Å². The number of hydrogen-bond donors (Lipinski definition) is 14. The zero-order valence-corrected chi connectivity index (χ0v) is 43.2. The smallest absolute Gasteiger partial charge is 0.236 e. The van der Waals surface area contributed by atoms with Gasteiger partial charge in [-0.1, -0.05) is 12.8 Å². The summed E-state index contributed by atoms with van der Waals surface area (Å²) < 4.78 is 5.28. The molecule has 0 bridgehead atoms. The third kappa shape index (κ3) is 41.4. The van der Waals surface area contributed by atoms with Gasteiger partial charge in [-0.25, -0.2) is 0 Å². The Bertz CT molecular complexity index is 1400. The maximum atomic E-state index is 12.6. The molecule has 0 aromatic rings. The predicted octanol–water partition coefficient (Wildman–Crippen LogP) is -1.93. The molecular weight excluding hydrogens is 915 g/mol. The first kappa shape index (κ1) is 66.1. The number of methoxy groups -OCH3 is 1. The first-order valence-electron chi connectivity index (χ1n) is 26.1. The molecule has 0 heterocycles. The first-order chi connectivity index (χ1) is 34.1. The maximum Gasteiger partial charge on any atom is 0.236 e. The molecule has 4 atom stereocenters. The molecule has 24 heteroatoms. The fourth-order valence-electron chi connectivity index (χ4n) is 7.21. The van der Waals surface area contributed by atoms with Gasteiger partial charge in [0.1, 0.15) is 0 Å². The molecule has 22 N–H and O–H groups in total. The summed E-state index contributed by atoms with van der Waals surface area (Å²) in [4.78, 5) is 84.0. The number of ether oxygens (including phenoxy) is 1. The topological polar surface area (TPSA) is 420 Å². The molecule has 0 aliphatic rings. The number of rotatable bonds is 47. The average molecular weight is 1010 g/mol. The van der Waals surface area contributed by atoms with Crippen LogP contribution in [0.25, 0.3) is 0 Å². The van der Waals surface area contributed by atoms with Crippen LogP contribution in [0.3, 0.4) is 0 Å². The Hall–Kier alpha value is -4.88. The van der Waals surface area contributed by atoms with E-state index in [1.807, 2.05) is 0 Å². The molecule has 71 heavy (non-hydrogen) atoms. The Kier molecular flexibility index (Phi) is 41.9. The van der Waals surface area contributed by atoms with E-state index < -0.39 is 24.2 Å². The highest BCUT2D eigenvalue weighted by atomic mass is 16.5. The van der Waals surface area contributed by atoms with E-state index in [0.29, 0.717) is 130 Å². The lowest BCUT2D eigenvalue weighted by atomic mass is 10.1. The molecule has 24 nitrogen and oxygen atoms in total. The van der Waals surface area contributed by atoms with Crippen LogP contribution in [0.1, 0.15) is 141 Å². The quantitative estimate of drug-likeness (QED) is 0.0179. The Morgan fingerprint density at radius 2 is 0.718 bits per heavy atom. The van der Waals surface area contributed by atoms with Gasteiger partial charge in [-0.2, -0.15) is 0 Å². The van der Waals surface area contributed by atoms with Gasteiger partial charge in [-0.05, 0) is 129 Å². The number of aliphatic imine (C=N–C) groups is 2. The van der Waals surface area contributed by atoms with E-state index in [9.17, 15) is 28.8 Å². The van der Waals surface area contributed by atoms with Gasteiger partial charge < -0.3 is 87.4 Å². The molecule has 6 amide bonds. The average Bonchev–Trinajstić information content (AvgIpc) is 3.33. The third-order valence-corrected chi connectivity index (χ3v) is 11.6. The number of guanidine groups is 2. The van der Waals surface area contributed by atoms with Crippen LogP contribution in [0.15, 0.2) is 9.98 Å². The molecule has 412 valence electrons. The minimum absolute atomic E-state index is 0.0230. The number of nitrogens with two attached hydrogens (primary N) is 8. The minimum atomic E-state index is -0.629. The molecule has 0 saturated heterocycles. The van der Waals surface area contributed by atoms with Crippen LogP contribution in [-0.2, 0) is 33.5 Å². The Balaban J connectivity index is 3.98. The molecule has 0 spiro atoms. The van der Waals surface area contributed by atoms with Gasteiger partial charge in [-0.15, -0.1) is 0 Å². The van der Waals surface area contributed by atoms with E-state index in [0.717, 1.165) is 90.1 Å². The third-order valence-electron chi connectivity index (χ3n) is 11.6. The van der Waals surface area contributed by atoms with Crippen LogP contribution in [0.5, 0.6) is 0 Å². The summed E-state index contributed by atoms with van der Waals surface area (Å²) in [6.45, 7) is 6.79. The van der Waals surface area contributed by atoms with Crippen molar-refractivity contribution in [1.29, 1.82) is 0 Å². The Morgan fingerprint density at radius 1 is 0.408 bits per heavy atom. The second-order valence-corrected chi connectivity index (χ2v) is 18.0. The fourth-order valence-corrected chi connectivity index (χ4v) is 7.21. The first-order valence-corrected chi connectivity index (χ1v) is 26.1. The largest absolute Gasteiger partial charge is 0.383 e. The van der Waals surface area contributed by atoms with E-state index in [-0.39, 0.29) is 47.4 Å². The molecule has 0 saturated carbocycles. The molecule has 0 aliphatic heterocycles. The Labute approximate surface area is 423 Å². The fraction of sp³-hybridized carbons (Fsp3) is 0.830. The van der Waals surface area contributed by atoms with Crippen molar-refractivity contribution in [2.24, 2.45) is 55.9 Å². The molecule has 0 aliphatic carbocycles. The number of nitrogens with zero attached hydrogens (tertiary/aromatic N) is 3. The minimum Gasteiger partial charge on any atom is -0.383 e. The summed E-state index contributed by atoms with van der Waals surface area (Å²) in [6.07, 6.45) is 14.8. The van der Waals surface area contributed by atoms with E-state index in [4.69, 9.17) is 50.6 Å². The van der Waals surface area contributed by atoms with Gasteiger partial charge in [-0.3, -0.25) is 38.8 Å². The summed E-state index contributed by atoms with van der Waals surface area (Å²) >= 11 is 0. The summed E-state index contributed by atoms with van der Waals surface area (Å²) in [5.41, 5.74) is 45.4. The molecule has 0 rings (SSSR count). The maximum absolute atomic E-state index is 12.6. The van der Waals surface area contributed by atoms with Crippen LogP contribution in [0.4, 0.5) is 0 Å². The number of hydrogen-bond acceptors (Lipinski definition) is 14. The highest BCUT2D eigenvalue weighted by Gasteiger charge is 2.16. The van der Waals surface area contributed by atoms with Crippen LogP contribution < -0.4 is 77.8 Å². The normalized spacial score (nSPS) is 12.8. The summed E-state index contributed by atoms with van der Waals surface area (Å²) in [5, 5.41) is 17.4. The van der Waals surface area contributed by atoms with Crippen molar-refractivity contribution in [2.75, 3.05) is 85.7 Å². The van der Waals surface area contributed by atoms with Crippen molar-refractivity contribution in [1.82, 2.24) is 36.8 Å². The van der Waals surface area contributed by atoms with Crippen molar-refractivity contribution in [3.63, 3.8) is 0 Å². The van der Waals surface area contributed by atoms with Crippen molar-refractivity contribution < 1.29 is 33.5 Å². The second-order valence-electron chi connectivity index (χ2n) is 18.0. The molecule has 0 aromatic carbocycles. The van der Waals surface area contributed by atoms with Gasteiger partial charge in [0.15, 0.2) is 11.9 Å². The summed E-state index contributed by atoms with van der Waals surface area (Å²) in [7, 11) is 1.65. The lowest BCUT2D eigenvalue weighted by Crippen LogP contribution is -2.42. The van der Waals surface area contributed by atoms with Gasteiger partial charge in [0.25, 0.3) is 0 Å². The van der Waals surface area contributed by atoms with E-state index in [2.05, 4.69) is 46.8 Å². The highest BCUT2D eigenvalue weighted by molar-refractivity contribution is 5.83. The molecule has 0 aromatic heterocycles. The van der Waals surface area contributed by atoms with Crippen LogP contribution in [-0.4, -0.2) is 162 Å². The number of unbranched alkanes of at least 4 members (excludes halogenated alkanes) is 8. The van der Waals surface area contributed by atoms with Gasteiger partial charge in [0.05, 0.1) is 30.8 Å². The van der Waals surface area contributed by atoms with Crippen molar-refractivity contribution >= 4 is 47.4 Å². The highest BCUT2D eigenvalue weighted by Crippen LogP contribution is 2.06. The van der Waals surface area contributed by atoms with E-state index in [1.54, 1.807) is 7.11 Å². The SMILES string of the molecule is COCCN(CCCNC(=O)[C@@H](N)CCCCNC(=O)CCCCCNC(=O)[C@@H](N)CCCCN=C(N)N)CCCNC(=O)[C@@H](N)CCCCNC(=O)CCCCCNC(=O)[C@@H](N)CCCCN=C(N)N. The number of amides is 6. The van der Waals surface area contributed by atoms with Crippen molar-refractivity contribution in [2.45, 2.75) is 165 Å². The van der Waals surface area contributed by atoms with E-state index in [1.165, 1.54) is 0 Å². The van der Waals surface area contributed by atoms with Crippen LogP contribution >= 0.6 is 0 Å².